The van der Waals surface area contributed by atoms with Crippen molar-refractivity contribution in [2.24, 2.45) is 0 Å². The molecule has 0 saturated carbocycles. The van der Waals surface area contributed by atoms with Gasteiger partial charge in [0.25, 0.3) is 0 Å². The molecular formula is C20H19NO3S. The molecule has 0 aliphatic carbocycles. The molecule has 0 saturated heterocycles. The van der Waals surface area contributed by atoms with Gasteiger partial charge in [0.2, 0.25) is 0 Å². The van der Waals surface area contributed by atoms with E-state index >= 15 is 0 Å². The lowest BCUT2D eigenvalue weighted by molar-refractivity contribution is -0.118. The molecule has 2 aromatic carbocycles. The Labute approximate surface area is 149 Å². The molecule has 3 aromatic rings. The number of hydrogen-bond acceptors (Lipinski definition) is 3. The van der Waals surface area contributed by atoms with E-state index in [0.29, 0.717) is 18.4 Å². The van der Waals surface area contributed by atoms with Crippen LogP contribution in [0.5, 0.6) is 0 Å². The molecule has 0 amide bonds. The van der Waals surface area contributed by atoms with Gasteiger partial charge in [-0.1, -0.05) is 48.5 Å². The molecule has 25 heavy (non-hydrogen) atoms. The van der Waals surface area contributed by atoms with E-state index in [1.807, 2.05) is 54.6 Å². The van der Waals surface area contributed by atoms with E-state index in [1.54, 1.807) is 12.3 Å². The molecule has 0 aliphatic heterocycles. The highest BCUT2D eigenvalue weighted by atomic mass is 32.2. The summed E-state index contributed by atoms with van der Waals surface area (Å²) in [6, 6.07) is 18.8. The van der Waals surface area contributed by atoms with Gasteiger partial charge in [-0.25, -0.2) is 4.21 Å². The Morgan fingerprint density at radius 3 is 2.56 bits per heavy atom. The van der Waals surface area contributed by atoms with Gasteiger partial charge in [-0.15, -0.1) is 0 Å². The van der Waals surface area contributed by atoms with Gasteiger partial charge in [0.05, 0.1) is 0 Å². The van der Waals surface area contributed by atoms with Crippen molar-refractivity contribution in [1.29, 1.82) is 0 Å². The minimum atomic E-state index is -2.25. The SMILES string of the molecule is O=C(CCCc1ccccn1)C(c1cccc2ccccc12)S(=O)O. The number of Topliss-reactive ketones (excluding diaryl/α,β-unsaturated/α-hetero) is 1. The Morgan fingerprint density at radius 1 is 1.04 bits per heavy atom. The van der Waals surface area contributed by atoms with Crippen LogP contribution in [-0.4, -0.2) is 19.5 Å². The fourth-order valence-corrected chi connectivity index (χ4v) is 3.76. The van der Waals surface area contributed by atoms with E-state index in [4.69, 9.17) is 0 Å². The smallest absolute Gasteiger partial charge is 0.168 e. The summed E-state index contributed by atoms with van der Waals surface area (Å²) in [5.41, 5.74) is 1.53. The average Bonchev–Trinajstić information content (AvgIpc) is 2.63. The third-order valence-electron chi connectivity index (χ3n) is 4.18. The van der Waals surface area contributed by atoms with Crippen molar-refractivity contribution in [2.75, 3.05) is 0 Å². The maximum atomic E-state index is 12.6. The van der Waals surface area contributed by atoms with Gasteiger partial charge < -0.3 is 4.55 Å². The number of fused-ring (bicyclic) bond motifs is 1. The number of hydrogen-bond donors (Lipinski definition) is 1. The fourth-order valence-electron chi connectivity index (χ4n) is 2.99. The first kappa shape index (κ1) is 17.5. The van der Waals surface area contributed by atoms with Gasteiger partial charge in [0, 0.05) is 18.3 Å². The number of nitrogens with zero attached hydrogens (tertiary/aromatic N) is 1. The van der Waals surface area contributed by atoms with E-state index in [9.17, 15) is 13.6 Å². The second-order valence-corrected chi connectivity index (χ2v) is 6.89. The van der Waals surface area contributed by atoms with E-state index in [1.165, 1.54) is 0 Å². The van der Waals surface area contributed by atoms with E-state index in [-0.39, 0.29) is 12.2 Å². The number of pyridine rings is 1. The highest BCUT2D eigenvalue weighted by molar-refractivity contribution is 7.80. The second-order valence-electron chi connectivity index (χ2n) is 5.87. The van der Waals surface area contributed by atoms with Crippen molar-refractivity contribution in [3.05, 3.63) is 78.1 Å². The van der Waals surface area contributed by atoms with Gasteiger partial charge >= 0.3 is 0 Å². The van der Waals surface area contributed by atoms with Crippen LogP contribution in [0.3, 0.4) is 0 Å². The highest BCUT2D eigenvalue weighted by Gasteiger charge is 2.27. The highest BCUT2D eigenvalue weighted by Crippen LogP contribution is 2.29. The van der Waals surface area contributed by atoms with Crippen molar-refractivity contribution >= 4 is 27.6 Å². The molecule has 5 heteroatoms. The average molecular weight is 353 g/mol. The molecule has 0 bridgehead atoms. The van der Waals surface area contributed by atoms with Crippen LogP contribution in [0.4, 0.5) is 0 Å². The van der Waals surface area contributed by atoms with Gasteiger partial charge in [-0.2, -0.15) is 0 Å². The normalized spacial score (nSPS) is 13.5. The molecule has 4 nitrogen and oxygen atoms in total. The topological polar surface area (TPSA) is 67.3 Å². The Kier molecular flexibility index (Phi) is 5.68. The van der Waals surface area contributed by atoms with Crippen LogP contribution in [0.1, 0.15) is 29.3 Å². The predicted molar refractivity (Wildman–Crippen MR) is 99.6 cm³/mol. The number of carbonyl (C=O) groups is 1. The van der Waals surface area contributed by atoms with Gasteiger partial charge in [-0.3, -0.25) is 9.78 Å². The van der Waals surface area contributed by atoms with Crippen LogP contribution in [0.2, 0.25) is 0 Å². The summed E-state index contributed by atoms with van der Waals surface area (Å²) in [5.74, 6) is -0.215. The lowest BCUT2D eigenvalue weighted by Crippen LogP contribution is -2.18. The summed E-state index contributed by atoms with van der Waals surface area (Å²) >= 11 is -2.25. The summed E-state index contributed by atoms with van der Waals surface area (Å²) in [4.78, 5) is 16.9. The molecule has 0 spiro atoms. The zero-order valence-corrected chi connectivity index (χ0v) is 14.5. The minimum Gasteiger partial charge on any atom is -0.305 e. The van der Waals surface area contributed by atoms with Crippen molar-refractivity contribution in [2.45, 2.75) is 24.5 Å². The third-order valence-corrected chi connectivity index (χ3v) is 5.10. The van der Waals surface area contributed by atoms with Crippen LogP contribution in [-0.2, 0) is 22.3 Å². The number of benzene rings is 2. The van der Waals surface area contributed by atoms with Crippen molar-refractivity contribution in [3.8, 4) is 0 Å². The molecule has 1 heterocycles. The molecule has 1 aromatic heterocycles. The lowest BCUT2D eigenvalue weighted by Gasteiger charge is -2.15. The first-order valence-electron chi connectivity index (χ1n) is 8.17. The number of ketones is 1. The van der Waals surface area contributed by atoms with Crippen molar-refractivity contribution in [1.82, 2.24) is 4.98 Å². The maximum absolute atomic E-state index is 12.6. The van der Waals surface area contributed by atoms with Gasteiger partial charge in [0.15, 0.2) is 16.9 Å². The van der Waals surface area contributed by atoms with E-state index in [2.05, 4.69) is 4.98 Å². The summed E-state index contributed by atoms with van der Waals surface area (Å²) in [6.07, 6.45) is 3.25. The van der Waals surface area contributed by atoms with Crippen LogP contribution in [0.25, 0.3) is 10.8 Å². The van der Waals surface area contributed by atoms with Gasteiger partial charge in [0.1, 0.15) is 5.25 Å². The molecule has 3 rings (SSSR count). The van der Waals surface area contributed by atoms with Crippen molar-refractivity contribution < 1.29 is 13.6 Å². The Balaban J connectivity index is 1.78. The van der Waals surface area contributed by atoms with Crippen LogP contribution in [0, 0.1) is 0 Å². The lowest BCUT2D eigenvalue weighted by atomic mass is 9.98. The van der Waals surface area contributed by atoms with E-state index in [0.717, 1.165) is 16.5 Å². The first-order valence-corrected chi connectivity index (χ1v) is 9.34. The minimum absolute atomic E-state index is 0.215. The molecule has 0 aliphatic rings. The number of rotatable bonds is 7. The monoisotopic (exact) mass is 353 g/mol. The quantitative estimate of drug-likeness (QED) is 0.650. The van der Waals surface area contributed by atoms with Crippen molar-refractivity contribution in [3.63, 3.8) is 0 Å². The van der Waals surface area contributed by atoms with E-state index < -0.39 is 16.3 Å². The number of aryl methyl sites for hydroxylation is 1. The van der Waals surface area contributed by atoms with Crippen LogP contribution >= 0.6 is 0 Å². The summed E-state index contributed by atoms with van der Waals surface area (Å²) in [7, 11) is 0. The predicted octanol–water partition coefficient (Wildman–Crippen LogP) is 4.09. The standard InChI is InChI=1S/C20H19NO3S/c22-19(13-6-10-16-9-3-4-14-21-16)20(25(23)24)18-12-5-8-15-7-1-2-11-17(15)18/h1-5,7-9,11-12,14,20H,6,10,13H2,(H,23,24). The number of aromatic nitrogens is 1. The summed E-state index contributed by atoms with van der Waals surface area (Å²) in [6.45, 7) is 0. The molecule has 2 atom stereocenters. The third kappa shape index (κ3) is 4.18. The first-order chi connectivity index (χ1) is 12.2. The van der Waals surface area contributed by atoms with Crippen LogP contribution < -0.4 is 0 Å². The Hall–Kier alpha value is -2.37. The molecular weight excluding hydrogens is 334 g/mol. The fraction of sp³-hybridized carbons (Fsp3) is 0.200. The number of carbonyl (C=O) groups excluding carboxylic acids is 1. The zero-order chi connectivity index (χ0) is 17.6. The van der Waals surface area contributed by atoms with Gasteiger partial charge in [-0.05, 0) is 41.3 Å². The Bertz CT molecular complexity index is 890. The zero-order valence-electron chi connectivity index (χ0n) is 13.7. The maximum Gasteiger partial charge on any atom is 0.168 e. The summed E-state index contributed by atoms with van der Waals surface area (Å²) in [5, 5.41) is 0.780. The second kappa shape index (κ2) is 8.14. The molecule has 2 unspecified atom stereocenters. The Morgan fingerprint density at radius 2 is 1.80 bits per heavy atom. The summed E-state index contributed by atoms with van der Waals surface area (Å²) < 4.78 is 21.6. The molecule has 128 valence electrons. The molecule has 0 radical (unpaired) electrons. The van der Waals surface area contributed by atoms with Crippen LogP contribution in [0.15, 0.2) is 66.9 Å². The largest absolute Gasteiger partial charge is 0.305 e. The molecule has 1 N–H and O–H groups in total. The molecule has 0 fully saturated rings.